The molecule has 1 amide bonds. The number of halogens is 1. The van der Waals surface area contributed by atoms with Crippen molar-refractivity contribution < 1.29 is 9.53 Å². The van der Waals surface area contributed by atoms with Crippen molar-refractivity contribution in [1.82, 2.24) is 25.3 Å². The summed E-state index contributed by atoms with van der Waals surface area (Å²) in [7, 11) is 0. The van der Waals surface area contributed by atoms with Gasteiger partial charge in [-0.3, -0.25) is 4.79 Å². The lowest BCUT2D eigenvalue weighted by Gasteiger charge is -2.11. The van der Waals surface area contributed by atoms with Crippen molar-refractivity contribution in [3.63, 3.8) is 0 Å². The summed E-state index contributed by atoms with van der Waals surface area (Å²) in [6.07, 6.45) is 1.79. The molecule has 2 aromatic heterocycles. The highest BCUT2D eigenvalue weighted by molar-refractivity contribution is 6.34. The Labute approximate surface area is 178 Å². The van der Waals surface area contributed by atoms with Gasteiger partial charge in [-0.25, -0.2) is 4.98 Å². The van der Waals surface area contributed by atoms with Gasteiger partial charge in [0.2, 0.25) is 0 Å². The maximum Gasteiger partial charge on any atom is 0.253 e. The third-order valence-electron chi connectivity index (χ3n) is 4.40. The molecule has 4 rings (SSSR count). The number of hydrogen-bond acceptors (Lipinski definition) is 5. The van der Waals surface area contributed by atoms with Crippen LogP contribution in [0.4, 0.5) is 0 Å². The number of aromatic nitrogens is 4. The summed E-state index contributed by atoms with van der Waals surface area (Å²) in [5.74, 6) is 0.546. The van der Waals surface area contributed by atoms with Gasteiger partial charge < -0.3 is 10.1 Å². The van der Waals surface area contributed by atoms with Crippen LogP contribution < -0.4 is 10.1 Å². The van der Waals surface area contributed by atoms with Crippen LogP contribution in [0.3, 0.4) is 0 Å². The van der Waals surface area contributed by atoms with E-state index >= 15 is 0 Å². The Morgan fingerprint density at radius 3 is 2.70 bits per heavy atom. The zero-order valence-corrected chi connectivity index (χ0v) is 17.3. The zero-order valence-electron chi connectivity index (χ0n) is 16.5. The van der Waals surface area contributed by atoms with Crippen LogP contribution in [0, 0.1) is 0 Å². The second-order valence-electron chi connectivity index (χ2n) is 7.00. The third-order valence-corrected chi connectivity index (χ3v) is 4.71. The molecular weight excluding hydrogens is 402 g/mol. The fraction of sp³-hybridized carbons (Fsp3) is 0.182. The molecule has 0 aliphatic heterocycles. The average molecular weight is 422 g/mol. The predicted molar refractivity (Wildman–Crippen MR) is 115 cm³/mol. The fourth-order valence-corrected chi connectivity index (χ4v) is 3.26. The molecular formula is C22H20ClN5O2. The summed E-state index contributed by atoms with van der Waals surface area (Å²) in [4.78, 5) is 16.9. The second-order valence-corrected chi connectivity index (χ2v) is 7.41. The van der Waals surface area contributed by atoms with Crippen molar-refractivity contribution in [2.24, 2.45) is 0 Å². The molecule has 0 saturated heterocycles. The third kappa shape index (κ3) is 4.26. The van der Waals surface area contributed by atoms with Crippen LogP contribution in [0.1, 0.15) is 29.8 Å². The topological polar surface area (TPSA) is 81.9 Å². The monoisotopic (exact) mass is 421 g/mol. The summed E-state index contributed by atoms with van der Waals surface area (Å²) in [6, 6.07) is 16.4. The van der Waals surface area contributed by atoms with E-state index in [0.717, 1.165) is 11.3 Å². The van der Waals surface area contributed by atoms with E-state index in [1.165, 1.54) is 0 Å². The smallest absolute Gasteiger partial charge is 0.253 e. The molecule has 2 heterocycles. The number of fused-ring (bicyclic) bond motifs is 1. The van der Waals surface area contributed by atoms with Crippen molar-refractivity contribution >= 4 is 28.7 Å². The molecule has 152 valence electrons. The molecule has 0 fully saturated rings. The maximum absolute atomic E-state index is 12.6. The highest BCUT2D eigenvalue weighted by Gasteiger charge is 2.14. The molecule has 2 aromatic carbocycles. The molecule has 0 aliphatic rings. The Morgan fingerprint density at radius 1 is 1.17 bits per heavy atom. The van der Waals surface area contributed by atoms with Crippen LogP contribution in [0.25, 0.3) is 16.9 Å². The van der Waals surface area contributed by atoms with Crippen molar-refractivity contribution in [2.75, 3.05) is 0 Å². The molecule has 0 atom stereocenters. The van der Waals surface area contributed by atoms with Gasteiger partial charge in [0.05, 0.1) is 22.4 Å². The number of amides is 1. The van der Waals surface area contributed by atoms with Crippen LogP contribution in [0.15, 0.2) is 60.8 Å². The van der Waals surface area contributed by atoms with Crippen LogP contribution in [0.2, 0.25) is 5.02 Å². The van der Waals surface area contributed by atoms with Gasteiger partial charge in [-0.2, -0.15) is 4.68 Å². The van der Waals surface area contributed by atoms with Gasteiger partial charge in [0, 0.05) is 12.7 Å². The minimum atomic E-state index is -0.254. The van der Waals surface area contributed by atoms with E-state index in [2.05, 4.69) is 20.6 Å². The second kappa shape index (κ2) is 8.51. The molecule has 8 heteroatoms. The Morgan fingerprint density at radius 2 is 1.97 bits per heavy atom. The quantitative estimate of drug-likeness (QED) is 0.505. The van der Waals surface area contributed by atoms with E-state index < -0.39 is 0 Å². The first-order valence-electron chi connectivity index (χ1n) is 9.51. The number of carbonyl (C=O) groups is 1. The largest absolute Gasteiger partial charge is 0.491 e. The Kier molecular flexibility index (Phi) is 5.63. The van der Waals surface area contributed by atoms with Gasteiger partial charge in [0.1, 0.15) is 11.3 Å². The van der Waals surface area contributed by atoms with E-state index in [9.17, 15) is 4.79 Å². The molecule has 0 aliphatic carbocycles. The van der Waals surface area contributed by atoms with E-state index in [1.54, 1.807) is 35.1 Å². The molecule has 1 N–H and O–H groups in total. The van der Waals surface area contributed by atoms with Gasteiger partial charge in [0.15, 0.2) is 5.65 Å². The molecule has 0 spiro atoms. The normalized spacial score (nSPS) is 11.1. The van der Waals surface area contributed by atoms with Crippen molar-refractivity contribution in [1.29, 1.82) is 0 Å². The number of nitrogens with zero attached hydrogens (tertiary/aromatic N) is 4. The van der Waals surface area contributed by atoms with E-state index in [1.807, 2.05) is 44.2 Å². The van der Waals surface area contributed by atoms with Crippen LogP contribution in [-0.4, -0.2) is 32.0 Å². The van der Waals surface area contributed by atoms with Gasteiger partial charge in [-0.05, 0) is 61.9 Å². The summed E-state index contributed by atoms with van der Waals surface area (Å²) in [6.45, 7) is 4.34. The molecule has 0 bridgehead atoms. The minimum absolute atomic E-state index is 0.118. The molecule has 0 saturated carbocycles. The van der Waals surface area contributed by atoms with Gasteiger partial charge in [-0.1, -0.05) is 28.9 Å². The number of pyridine rings is 1. The van der Waals surface area contributed by atoms with Crippen LogP contribution in [-0.2, 0) is 6.54 Å². The first-order valence-corrected chi connectivity index (χ1v) is 9.89. The Bertz CT molecular complexity index is 1190. The lowest BCUT2D eigenvalue weighted by Crippen LogP contribution is -2.23. The number of carbonyl (C=O) groups excluding carboxylic acids is 1. The lowest BCUT2D eigenvalue weighted by molar-refractivity contribution is 0.0951. The van der Waals surface area contributed by atoms with Crippen molar-refractivity contribution in [3.05, 3.63) is 76.9 Å². The standard InChI is InChI=1S/C22H20ClN5O2/c1-14(2)30-17-8-5-15(6-9-17)13-25-22(29)18-10-7-16(12-19(18)23)28-21-20(26-27-28)4-3-11-24-21/h3-12,14H,13H2,1-2H3,(H,25,29). The molecule has 30 heavy (non-hydrogen) atoms. The predicted octanol–water partition coefficient (Wildman–Crippen LogP) is 4.19. The zero-order chi connectivity index (χ0) is 21.1. The number of benzene rings is 2. The number of hydrogen-bond donors (Lipinski definition) is 1. The first kappa shape index (κ1) is 19.8. The highest BCUT2D eigenvalue weighted by atomic mass is 35.5. The van der Waals surface area contributed by atoms with E-state index in [4.69, 9.17) is 16.3 Å². The van der Waals surface area contributed by atoms with Crippen LogP contribution >= 0.6 is 11.6 Å². The first-order chi connectivity index (χ1) is 14.5. The van der Waals surface area contributed by atoms with Gasteiger partial charge in [0.25, 0.3) is 5.91 Å². The van der Waals surface area contributed by atoms with Crippen molar-refractivity contribution in [2.45, 2.75) is 26.5 Å². The minimum Gasteiger partial charge on any atom is -0.491 e. The molecule has 7 nitrogen and oxygen atoms in total. The van der Waals surface area contributed by atoms with Crippen LogP contribution in [0.5, 0.6) is 5.75 Å². The summed E-state index contributed by atoms with van der Waals surface area (Å²) >= 11 is 6.38. The molecule has 4 aromatic rings. The summed E-state index contributed by atoms with van der Waals surface area (Å²) in [5.41, 5.74) is 3.33. The molecule has 0 radical (unpaired) electrons. The SMILES string of the molecule is CC(C)Oc1ccc(CNC(=O)c2ccc(-n3nnc4cccnc43)cc2Cl)cc1. The average Bonchev–Trinajstić information content (AvgIpc) is 3.17. The Balaban J connectivity index is 1.46. The van der Waals surface area contributed by atoms with Gasteiger partial charge >= 0.3 is 0 Å². The number of ether oxygens (including phenoxy) is 1. The fourth-order valence-electron chi connectivity index (χ4n) is 2.99. The highest BCUT2D eigenvalue weighted by Crippen LogP contribution is 2.22. The molecule has 0 unspecified atom stereocenters. The number of rotatable bonds is 6. The maximum atomic E-state index is 12.6. The number of nitrogens with one attached hydrogen (secondary N) is 1. The lowest BCUT2D eigenvalue weighted by atomic mass is 10.1. The summed E-state index contributed by atoms with van der Waals surface area (Å²) < 4.78 is 7.21. The van der Waals surface area contributed by atoms with E-state index in [-0.39, 0.29) is 12.0 Å². The van der Waals surface area contributed by atoms with Gasteiger partial charge in [-0.15, -0.1) is 5.10 Å². The van der Waals surface area contributed by atoms with E-state index in [0.29, 0.717) is 34.0 Å². The Hall–Kier alpha value is -3.45. The summed E-state index contributed by atoms with van der Waals surface area (Å²) in [5, 5.41) is 11.4. The van der Waals surface area contributed by atoms with Crippen molar-refractivity contribution in [3.8, 4) is 11.4 Å².